The van der Waals surface area contributed by atoms with Crippen LogP contribution in [0, 0.1) is 10.1 Å². The Morgan fingerprint density at radius 1 is 0.727 bits per heavy atom. The Hall–Kier alpha value is -1.19. The molecule has 0 spiro atoms. The molecule has 0 heterocycles. The van der Waals surface area contributed by atoms with Crippen molar-refractivity contribution in [3.05, 3.63) is 22.3 Å². The van der Waals surface area contributed by atoms with Crippen molar-refractivity contribution in [2.75, 3.05) is 6.54 Å². The van der Waals surface area contributed by atoms with Crippen LogP contribution in [0.1, 0.15) is 89.9 Å². The van der Waals surface area contributed by atoms with Crippen LogP contribution in [0.5, 0.6) is 0 Å². The molecule has 0 saturated heterocycles. The minimum atomic E-state index is -0.232. The average molecular weight is 310 g/mol. The molecule has 4 nitrogen and oxygen atoms in total. The maximum Gasteiger partial charge on any atom is 0.203 e. The fraction of sp³-hybridized carbons (Fsp3) is 0.833. The molecular weight excluding hydrogens is 278 g/mol. The summed E-state index contributed by atoms with van der Waals surface area (Å²) >= 11 is 0. The number of rotatable bonds is 17. The standard InChI is InChI=1S/C18H32NO3/c20-18-16-14-12-10-8-6-4-2-1-3-5-7-9-11-13-15-17-19(21)22/h3,5H,1-2,4,6-17H2/b5-3-. The Balaban J connectivity index is 3.08. The predicted octanol–water partition coefficient (Wildman–Crippen LogP) is 5.39. The molecule has 0 unspecified atom stereocenters. The van der Waals surface area contributed by atoms with E-state index in [1.807, 2.05) is 6.29 Å². The van der Waals surface area contributed by atoms with Gasteiger partial charge in [0.2, 0.25) is 6.54 Å². The topological polar surface area (TPSA) is 60.2 Å². The number of nitro groups is 1. The van der Waals surface area contributed by atoms with Gasteiger partial charge in [-0.25, -0.2) is 0 Å². The van der Waals surface area contributed by atoms with Gasteiger partial charge in [0, 0.05) is 17.8 Å². The van der Waals surface area contributed by atoms with Crippen LogP contribution in [-0.4, -0.2) is 17.8 Å². The number of hydrogen-bond acceptors (Lipinski definition) is 3. The summed E-state index contributed by atoms with van der Waals surface area (Å²) in [7, 11) is 0. The minimum absolute atomic E-state index is 0.116. The van der Waals surface area contributed by atoms with E-state index in [1.54, 1.807) is 0 Å². The van der Waals surface area contributed by atoms with Gasteiger partial charge >= 0.3 is 0 Å². The summed E-state index contributed by atoms with van der Waals surface area (Å²) in [5.41, 5.74) is 0. The number of unbranched alkanes of at least 4 members (excludes halogenated alkanes) is 12. The van der Waals surface area contributed by atoms with Gasteiger partial charge in [-0.05, 0) is 38.5 Å². The summed E-state index contributed by atoms with van der Waals surface area (Å²) in [6.45, 7) is 0.116. The highest BCUT2D eigenvalue weighted by Gasteiger charge is 1.95. The molecule has 0 aliphatic heterocycles. The van der Waals surface area contributed by atoms with Gasteiger partial charge in [0.05, 0.1) is 0 Å². The fourth-order valence-corrected chi connectivity index (χ4v) is 2.44. The van der Waals surface area contributed by atoms with E-state index in [4.69, 9.17) is 0 Å². The van der Waals surface area contributed by atoms with Crippen LogP contribution in [0.4, 0.5) is 0 Å². The largest absolute Gasteiger partial charge is 0.291 e. The molecule has 0 rings (SSSR count). The van der Waals surface area contributed by atoms with Crippen LogP contribution in [0.15, 0.2) is 12.2 Å². The van der Waals surface area contributed by atoms with E-state index in [-0.39, 0.29) is 11.5 Å². The summed E-state index contributed by atoms with van der Waals surface area (Å²) in [6.07, 6.45) is 21.8. The highest BCUT2D eigenvalue weighted by molar-refractivity contribution is 5.50. The van der Waals surface area contributed by atoms with Crippen molar-refractivity contribution in [2.24, 2.45) is 0 Å². The zero-order valence-corrected chi connectivity index (χ0v) is 13.9. The Kier molecular flexibility index (Phi) is 16.9. The highest BCUT2D eigenvalue weighted by Crippen LogP contribution is 2.10. The Morgan fingerprint density at radius 2 is 1.18 bits per heavy atom. The molecule has 0 saturated carbocycles. The van der Waals surface area contributed by atoms with Crippen molar-refractivity contribution >= 4 is 6.29 Å². The van der Waals surface area contributed by atoms with Crippen molar-refractivity contribution < 1.29 is 9.72 Å². The number of nitrogens with zero attached hydrogens (tertiary/aromatic N) is 1. The second-order valence-electron chi connectivity index (χ2n) is 5.89. The SMILES string of the molecule is O=[C]CCCCCCCCC/C=C\CCCCCC[N+](=O)[O-]. The molecule has 0 aromatic rings. The third-order valence-electron chi connectivity index (χ3n) is 3.78. The number of hydrogen-bond donors (Lipinski definition) is 0. The quantitative estimate of drug-likeness (QED) is 0.157. The summed E-state index contributed by atoms with van der Waals surface area (Å²) in [5.74, 6) is 0. The molecule has 4 heteroatoms. The molecule has 0 aliphatic carbocycles. The smallest absolute Gasteiger partial charge is 0.203 e. The first kappa shape index (κ1) is 20.8. The van der Waals surface area contributed by atoms with Crippen molar-refractivity contribution in [3.8, 4) is 0 Å². The van der Waals surface area contributed by atoms with Crippen LogP contribution in [0.3, 0.4) is 0 Å². The molecule has 0 fully saturated rings. The van der Waals surface area contributed by atoms with Gasteiger partial charge in [0.25, 0.3) is 0 Å². The van der Waals surface area contributed by atoms with E-state index in [0.29, 0.717) is 12.8 Å². The second kappa shape index (κ2) is 17.9. The highest BCUT2D eigenvalue weighted by atomic mass is 16.6. The molecule has 0 amide bonds. The lowest BCUT2D eigenvalue weighted by Crippen LogP contribution is -1.99. The van der Waals surface area contributed by atoms with Crippen LogP contribution < -0.4 is 0 Å². The lowest BCUT2D eigenvalue weighted by Gasteiger charge is -1.99. The van der Waals surface area contributed by atoms with Crippen molar-refractivity contribution in [2.45, 2.75) is 89.9 Å². The number of carbonyl (C=O) groups excluding carboxylic acids is 1. The molecule has 22 heavy (non-hydrogen) atoms. The zero-order chi connectivity index (χ0) is 16.3. The summed E-state index contributed by atoms with van der Waals surface area (Å²) in [4.78, 5) is 19.9. The lowest BCUT2D eigenvalue weighted by molar-refractivity contribution is -0.480. The zero-order valence-electron chi connectivity index (χ0n) is 13.9. The van der Waals surface area contributed by atoms with E-state index in [9.17, 15) is 14.9 Å². The maximum absolute atomic E-state index is 10.1. The summed E-state index contributed by atoms with van der Waals surface area (Å²) in [5, 5.41) is 10.1. The monoisotopic (exact) mass is 310 g/mol. The van der Waals surface area contributed by atoms with Crippen LogP contribution >= 0.6 is 0 Å². The molecule has 0 bridgehead atoms. The summed E-state index contributed by atoms with van der Waals surface area (Å²) in [6, 6.07) is 0. The molecule has 0 aliphatic rings. The van der Waals surface area contributed by atoms with E-state index < -0.39 is 0 Å². The van der Waals surface area contributed by atoms with Crippen LogP contribution in [-0.2, 0) is 4.79 Å². The van der Waals surface area contributed by atoms with E-state index in [2.05, 4.69) is 12.2 Å². The first-order valence-corrected chi connectivity index (χ1v) is 8.89. The first-order chi connectivity index (χ1) is 10.8. The minimum Gasteiger partial charge on any atom is -0.291 e. The molecular formula is C18H32NO3. The van der Waals surface area contributed by atoms with Gasteiger partial charge in [-0.15, -0.1) is 0 Å². The summed E-state index contributed by atoms with van der Waals surface area (Å²) < 4.78 is 0. The van der Waals surface area contributed by atoms with Gasteiger partial charge in [-0.1, -0.05) is 50.7 Å². The molecule has 0 aromatic heterocycles. The lowest BCUT2D eigenvalue weighted by atomic mass is 10.1. The number of allylic oxidation sites excluding steroid dienone is 2. The molecule has 1 radical (unpaired) electrons. The molecule has 0 atom stereocenters. The average Bonchev–Trinajstić information content (AvgIpc) is 2.50. The van der Waals surface area contributed by atoms with Crippen molar-refractivity contribution in [1.29, 1.82) is 0 Å². The Labute approximate surface area is 135 Å². The molecule has 127 valence electrons. The first-order valence-electron chi connectivity index (χ1n) is 8.89. The maximum atomic E-state index is 10.1. The van der Waals surface area contributed by atoms with Crippen molar-refractivity contribution in [1.82, 2.24) is 0 Å². The normalized spacial score (nSPS) is 11.1. The predicted molar refractivity (Wildman–Crippen MR) is 91.3 cm³/mol. The van der Waals surface area contributed by atoms with Gasteiger partial charge in [-0.2, -0.15) is 0 Å². The van der Waals surface area contributed by atoms with Crippen molar-refractivity contribution in [3.63, 3.8) is 0 Å². The van der Waals surface area contributed by atoms with Gasteiger partial charge in [0.1, 0.15) is 0 Å². The second-order valence-corrected chi connectivity index (χ2v) is 5.89. The fourth-order valence-electron chi connectivity index (χ4n) is 2.44. The van der Waals surface area contributed by atoms with Gasteiger partial charge in [0.15, 0.2) is 6.29 Å². The molecule has 0 aromatic carbocycles. The van der Waals surface area contributed by atoms with Gasteiger partial charge < -0.3 is 0 Å². The third kappa shape index (κ3) is 18.8. The van der Waals surface area contributed by atoms with Gasteiger partial charge in [-0.3, -0.25) is 14.9 Å². The van der Waals surface area contributed by atoms with E-state index >= 15 is 0 Å². The van der Waals surface area contributed by atoms with E-state index in [0.717, 1.165) is 38.5 Å². The molecule has 0 N–H and O–H groups in total. The Bertz CT molecular complexity index is 290. The van der Waals surface area contributed by atoms with Crippen LogP contribution in [0.2, 0.25) is 0 Å². The van der Waals surface area contributed by atoms with E-state index in [1.165, 1.54) is 38.5 Å². The Morgan fingerprint density at radius 3 is 1.68 bits per heavy atom. The third-order valence-corrected chi connectivity index (χ3v) is 3.78. The van der Waals surface area contributed by atoms with Crippen LogP contribution in [0.25, 0.3) is 0 Å².